The molecule has 0 aliphatic heterocycles. The Hall–Kier alpha value is -2.50. The van der Waals surface area contributed by atoms with Gasteiger partial charge in [0.05, 0.1) is 21.3 Å². The van der Waals surface area contributed by atoms with Gasteiger partial charge in [-0.15, -0.1) is 0 Å². The molecule has 35 heavy (non-hydrogen) atoms. The van der Waals surface area contributed by atoms with Crippen molar-refractivity contribution < 1.29 is 33.0 Å². The minimum Gasteiger partial charge on any atom is -0.504 e. The van der Waals surface area contributed by atoms with Crippen LogP contribution in [-0.4, -0.2) is 49.2 Å². The van der Waals surface area contributed by atoms with Crippen molar-refractivity contribution in [3.63, 3.8) is 0 Å². The molecule has 0 aliphatic rings. The van der Waals surface area contributed by atoms with E-state index in [-0.39, 0.29) is 5.75 Å². The van der Waals surface area contributed by atoms with Crippen LogP contribution in [0.5, 0.6) is 23.0 Å². The molecule has 0 amide bonds. The monoisotopic (exact) mass is 520 g/mol. The SMILES string of the molecule is COC(=O)Oc1ccc(CCC[Si](C)(C)O[Si](C)(C)CCCc2ccc(O)c(OC)c2)cc1OC. The lowest BCUT2D eigenvalue weighted by atomic mass is 10.1. The normalized spacial score (nSPS) is 11.7. The van der Waals surface area contributed by atoms with Gasteiger partial charge in [-0.05, 0) is 99.4 Å². The van der Waals surface area contributed by atoms with Gasteiger partial charge in [0.15, 0.2) is 39.6 Å². The first kappa shape index (κ1) is 28.7. The predicted octanol–water partition coefficient (Wildman–Crippen LogP) is 6.55. The first-order valence-electron chi connectivity index (χ1n) is 12.0. The summed E-state index contributed by atoms with van der Waals surface area (Å²) in [5.41, 5.74) is 2.30. The average Bonchev–Trinajstić information content (AvgIpc) is 2.79. The Morgan fingerprint density at radius 3 is 1.80 bits per heavy atom. The number of phenols is 1. The smallest absolute Gasteiger partial charge is 0.504 e. The second kappa shape index (κ2) is 13.0. The molecule has 2 aromatic carbocycles. The van der Waals surface area contributed by atoms with Crippen LogP contribution in [0.3, 0.4) is 0 Å². The molecule has 0 spiro atoms. The number of aromatic hydroxyl groups is 1. The number of rotatable bonds is 13. The van der Waals surface area contributed by atoms with Crippen LogP contribution in [0.2, 0.25) is 38.3 Å². The van der Waals surface area contributed by atoms with Crippen LogP contribution in [0.25, 0.3) is 0 Å². The molecule has 2 aromatic rings. The van der Waals surface area contributed by atoms with E-state index in [1.807, 2.05) is 24.3 Å². The molecule has 194 valence electrons. The zero-order chi connectivity index (χ0) is 26.1. The molecule has 0 aliphatic carbocycles. The molecule has 2 rings (SSSR count). The van der Waals surface area contributed by atoms with Crippen molar-refractivity contribution in [1.29, 1.82) is 0 Å². The standard InChI is InChI=1S/C26H40O7Si2/c1-29-24-18-20(12-14-22(24)27)10-8-16-34(4,5)33-35(6,7)17-9-11-21-13-15-23(25(19-21)30-2)32-26(28)31-3/h12-15,18-19,27H,8-11,16-17H2,1-7H3. The maximum absolute atomic E-state index is 11.4. The van der Waals surface area contributed by atoms with Gasteiger partial charge < -0.3 is 28.2 Å². The van der Waals surface area contributed by atoms with Crippen LogP contribution in [0.1, 0.15) is 24.0 Å². The van der Waals surface area contributed by atoms with E-state index in [9.17, 15) is 9.90 Å². The van der Waals surface area contributed by atoms with Crippen LogP contribution in [0.15, 0.2) is 36.4 Å². The maximum Gasteiger partial charge on any atom is 0.513 e. The second-order valence-electron chi connectivity index (χ2n) is 9.88. The van der Waals surface area contributed by atoms with Crippen LogP contribution in [0, 0.1) is 0 Å². The first-order valence-corrected chi connectivity index (χ1v) is 18.2. The van der Waals surface area contributed by atoms with Gasteiger partial charge in [0.25, 0.3) is 0 Å². The van der Waals surface area contributed by atoms with Crippen LogP contribution in [-0.2, 0) is 21.7 Å². The Bertz CT molecular complexity index is 976. The highest BCUT2D eigenvalue weighted by atomic mass is 28.4. The zero-order valence-electron chi connectivity index (χ0n) is 22.1. The van der Waals surface area contributed by atoms with Gasteiger partial charge in [-0.3, -0.25) is 0 Å². The summed E-state index contributed by atoms with van der Waals surface area (Å²) in [4.78, 5) is 11.4. The Morgan fingerprint density at radius 1 is 0.771 bits per heavy atom. The fourth-order valence-electron chi connectivity index (χ4n) is 4.25. The van der Waals surface area contributed by atoms with Gasteiger partial charge >= 0.3 is 6.16 Å². The summed E-state index contributed by atoms with van der Waals surface area (Å²) in [5.74, 6) is 1.55. The molecular formula is C26H40O7Si2. The molecule has 7 nitrogen and oxygen atoms in total. The largest absolute Gasteiger partial charge is 0.513 e. The second-order valence-corrected chi connectivity index (χ2v) is 18.7. The van der Waals surface area contributed by atoms with Gasteiger partial charge in [-0.1, -0.05) is 12.1 Å². The molecule has 0 unspecified atom stereocenters. The summed E-state index contributed by atoms with van der Waals surface area (Å²) in [6.07, 6.45) is 3.15. The molecule has 1 N–H and O–H groups in total. The molecule has 0 fully saturated rings. The van der Waals surface area contributed by atoms with Crippen LogP contribution >= 0.6 is 0 Å². The fourth-order valence-corrected chi connectivity index (χ4v) is 13.1. The van der Waals surface area contributed by atoms with E-state index >= 15 is 0 Å². The van der Waals surface area contributed by atoms with Gasteiger partial charge in [0.1, 0.15) is 0 Å². The number of phenolic OH excluding ortho intramolecular Hbond substituents is 1. The highest BCUT2D eigenvalue weighted by molar-refractivity contribution is 6.84. The average molecular weight is 521 g/mol. The van der Waals surface area contributed by atoms with Crippen molar-refractivity contribution in [1.82, 2.24) is 0 Å². The van der Waals surface area contributed by atoms with Gasteiger partial charge in [0, 0.05) is 0 Å². The molecule has 0 saturated heterocycles. The third kappa shape index (κ3) is 9.58. The third-order valence-electron chi connectivity index (χ3n) is 5.87. The highest BCUT2D eigenvalue weighted by Gasteiger charge is 2.32. The van der Waals surface area contributed by atoms with E-state index in [2.05, 4.69) is 30.9 Å². The molecule has 9 heteroatoms. The lowest BCUT2D eigenvalue weighted by Gasteiger charge is -2.34. The molecule has 0 heterocycles. The van der Waals surface area contributed by atoms with E-state index in [0.29, 0.717) is 17.2 Å². The van der Waals surface area contributed by atoms with Crippen LogP contribution < -0.4 is 14.2 Å². The van der Waals surface area contributed by atoms with Crippen molar-refractivity contribution in [2.75, 3.05) is 21.3 Å². The summed E-state index contributed by atoms with van der Waals surface area (Å²) in [5, 5.41) is 9.78. The van der Waals surface area contributed by atoms with E-state index in [1.54, 1.807) is 26.4 Å². The summed E-state index contributed by atoms with van der Waals surface area (Å²) >= 11 is 0. The quantitative estimate of drug-likeness (QED) is 0.182. The molecule has 0 aromatic heterocycles. The van der Waals surface area contributed by atoms with Gasteiger partial charge in [-0.25, -0.2) is 4.79 Å². The van der Waals surface area contributed by atoms with Crippen molar-refractivity contribution in [3.05, 3.63) is 47.5 Å². The Balaban J connectivity index is 1.84. The molecule has 0 radical (unpaired) electrons. The Labute approximate surface area is 211 Å². The van der Waals surface area contributed by atoms with Crippen molar-refractivity contribution in [2.45, 2.75) is 64.0 Å². The third-order valence-corrected chi connectivity index (χ3v) is 13.4. The number of aryl methyl sites for hydroxylation is 2. The van der Waals surface area contributed by atoms with Gasteiger partial charge in [0.2, 0.25) is 0 Å². The lowest BCUT2D eigenvalue weighted by Crippen LogP contribution is -2.44. The number of carbonyl (C=O) groups is 1. The summed E-state index contributed by atoms with van der Waals surface area (Å²) < 4.78 is 27.1. The first-order chi connectivity index (χ1) is 16.5. The van der Waals surface area contributed by atoms with Gasteiger partial charge in [-0.2, -0.15) is 0 Å². The highest BCUT2D eigenvalue weighted by Crippen LogP contribution is 2.31. The predicted molar refractivity (Wildman–Crippen MR) is 143 cm³/mol. The van der Waals surface area contributed by atoms with Crippen LogP contribution in [0.4, 0.5) is 4.79 Å². The van der Waals surface area contributed by atoms with E-state index in [0.717, 1.165) is 43.3 Å². The van der Waals surface area contributed by atoms with Crippen molar-refractivity contribution in [2.24, 2.45) is 0 Å². The van der Waals surface area contributed by atoms with Crippen molar-refractivity contribution >= 4 is 22.8 Å². The number of benzene rings is 2. The number of carbonyl (C=O) groups excluding carboxylic acids is 1. The Kier molecular flexibility index (Phi) is 10.7. The molecule has 0 saturated carbocycles. The van der Waals surface area contributed by atoms with Crippen molar-refractivity contribution in [3.8, 4) is 23.0 Å². The fraction of sp³-hybridized carbons (Fsp3) is 0.500. The summed E-state index contributed by atoms with van der Waals surface area (Å²) in [6.45, 7) is 9.23. The minimum absolute atomic E-state index is 0.172. The zero-order valence-corrected chi connectivity index (χ0v) is 24.1. The summed E-state index contributed by atoms with van der Waals surface area (Å²) in [6, 6.07) is 13.3. The van der Waals surface area contributed by atoms with E-state index < -0.39 is 22.8 Å². The number of hydrogen-bond acceptors (Lipinski definition) is 7. The minimum atomic E-state index is -1.81. The Morgan fingerprint density at radius 2 is 1.29 bits per heavy atom. The number of hydrogen-bond donors (Lipinski definition) is 1. The van der Waals surface area contributed by atoms with E-state index in [1.165, 1.54) is 12.7 Å². The molecular weight excluding hydrogens is 480 g/mol. The van der Waals surface area contributed by atoms with E-state index in [4.69, 9.17) is 18.3 Å². The topological polar surface area (TPSA) is 83.5 Å². The number of methoxy groups -OCH3 is 3. The lowest BCUT2D eigenvalue weighted by molar-refractivity contribution is 0.120. The number of ether oxygens (including phenoxy) is 4. The molecule has 0 atom stereocenters. The molecule has 0 bridgehead atoms. The summed E-state index contributed by atoms with van der Waals surface area (Å²) in [7, 11) is 0.788. The maximum atomic E-state index is 11.4.